The molecular formula is C14H14O4S. The van der Waals surface area contributed by atoms with E-state index in [2.05, 4.69) is 16.6 Å². The SMILES string of the molecule is COC(=O)c1ccc(C#CCCSC(C)=O)c(O)c1. The van der Waals surface area contributed by atoms with Crippen molar-refractivity contribution in [1.82, 2.24) is 0 Å². The quantitative estimate of drug-likeness (QED) is 0.521. The van der Waals surface area contributed by atoms with Gasteiger partial charge in [0.1, 0.15) is 5.75 Å². The van der Waals surface area contributed by atoms with Crippen LogP contribution in [0, 0.1) is 11.8 Å². The minimum Gasteiger partial charge on any atom is -0.507 e. The Morgan fingerprint density at radius 2 is 2.16 bits per heavy atom. The zero-order valence-electron chi connectivity index (χ0n) is 10.7. The van der Waals surface area contributed by atoms with Crippen LogP contribution >= 0.6 is 11.8 Å². The first-order valence-corrected chi connectivity index (χ1v) is 6.56. The zero-order chi connectivity index (χ0) is 14.3. The van der Waals surface area contributed by atoms with E-state index in [9.17, 15) is 14.7 Å². The number of phenols is 1. The summed E-state index contributed by atoms with van der Waals surface area (Å²) >= 11 is 1.21. The van der Waals surface area contributed by atoms with Gasteiger partial charge >= 0.3 is 5.97 Å². The number of thioether (sulfide) groups is 1. The van der Waals surface area contributed by atoms with Gasteiger partial charge in [0.05, 0.1) is 18.2 Å². The van der Waals surface area contributed by atoms with E-state index in [1.165, 1.54) is 31.9 Å². The Kier molecular flexibility index (Phi) is 5.97. The Hall–Kier alpha value is -1.93. The number of rotatable bonds is 3. The summed E-state index contributed by atoms with van der Waals surface area (Å²) in [4.78, 5) is 21.9. The molecule has 0 aromatic heterocycles. The molecule has 100 valence electrons. The summed E-state index contributed by atoms with van der Waals surface area (Å²) in [6.07, 6.45) is 0.558. The second kappa shape index (κ2) is 7.49. The van der Waals surface area contributed by atoms with Crippen molar-refractivity contribution in [3.63, 3.8) is 0 Å². The van der Waals surface area contributed by atoms with Crippen molar-refractivity contribution >= 4 is 22.8 Å². The monoisotopic (exact) mass is 278 g/mol. The van der Waals surface area contributed by atoms with Gasteiger partial charge in [0.2, 0.25) is 0 Å². The fourth-order valence-corrected chi connectivity index (χ4v) is 1.78. The maximum absolute atomic E-state index is 11.2. The van der Waals surface area contributed by atoms with Crippen LogP contribution in [0.15, 0.2) is 18.2 Å². The van der Waals surface area contributed by atoms with Crippen LogP contribution in [-0.2, 0) is 9.53 Å². The molecule has 0 fully saturated rings. The highest BCUT2D eigenvalue weighted by Crippen LogP contribution is 2.18. The van der Waals surface area contributed by atoms with Gasteiger partial charge in [-0.1, -0.05) is 23.6 Å². The van der Waals surface area contributed by atoms with Crippen molar-refractivity contribution in [2.45, 2.75) is 13.3 Å². The number of carbonyl (C=O) groups excluding carboxylic acids is 2. The summed E-state index contributed by atoms with van der Waals surface area (Å²) in [5.41, 5.74) is 0.721. The van der Waals surface area contributed by atoms with Gasteiger partial charge in [-0.15, -0.1) is 0 Å². The summed E-state index contributed by atoms with van der Waals surface area (Å²) < 4.78 is 4.55. The minimum atomic E-state index is -0.507. The molecule has 5 heteroatoms. The average Bonchev–Trinajstić information content (AvgIpc) is 2.38. The molecule has 4 nitrogen and oxygen atoms in total. The molecule has 19 heavy (non-hydrogen) atoms. The molecule has 0 bridgehead atoms. The third kappa shape index (κ3) is 5.06. The summed E-state index contributed by atoms with van der Waals surface area (Å²) in [7, 11) is 1.28. The lowest BCUT2D eigenvalue weighted by Crippen LogP contribution is -2.00. The summed E-state index contributed by atoms with van der Waals surface area (Å²) in [6.45, 7) is 1.51. The standard InChI is InChI=1S/C14H14O4S/c1-10(15)19-8-4-3-5-11-6-7-12(9-13(11)16)14(17)18-2/h6-7,9,16H,4,8H2,1-2H3. The number of hydrogen-bond donors (Lipinski definition) is 1. The molecule has 0 atom stereocenters. The van der Waals surface area contributed by atoms with Gasteiger partial charge in [-0.3, -0.25) is 4.79 Å². The predicted molar refractivity (Wildman–Crippen MR) is 74.1 cm³/mol. The Morgan fingerprint density at radius 3 is 2.74 bits per heavy atom. The van der Waals surface area contributed by atoms with Crippen LogP contribution in [0.2, 0.25) is 0 Å². The molecule has 0 aliphatic carbocycles. The van der Waals surface area contributed by atoms with Crippen LogP contribution in [0.3, 0.4) is 0 Å². The summed E-state index contributed by atoms with van der Waals surface area (Å²) in [5.74, 6) is 5.72. The van der Waals surface area contributed by atoms with E-state index >= 15 is 0 Å². The molecule has 1 rings (SSSR count). The van der Waals surface area contributed by atoms with Crippen LogP contribution in [0.4, 0.5) is 0 Å². The topological polar surface area (TPSA) is 63.6 Å². The largest absolute Gasteiger partial charge is 0.507 e. The molecule has 0 saturated carbocycles. The first kappa shape index (κ1) is 15.1. The van der Waals surface area contributed by atoms with Crippen molar-refractivity contribution in [2.75, 3.05) is 12.9 Å². The molecule has 0 aliphatic rings. The van der Waals surface area contributed by atoms with Crippen LogP contribution in [0.25, 0.3) is 0 Å². The Balaban J connectivity index is 2.67. The number of hydrogen-bond acceptors (Lipinski definition) is 5. The van der Waals surface area contributed by atoms with E-state index in [-0.39, 0.29) is 16.4 Å². The number of ether oxygens (including phenoxy) is 1. The number of methoxy groups -OCH3 is 1. The van der Waals surface area contributed by atoms with E-state index in [4.69, 9.17) is 0 Å². The molecule has 0 spiro atoms. The van der Waals surface area contributed by atoms with Crippen molar-refractivity contribution in [1.29, 1.82) is 0 Å². The summed E-state index contributed by atoms with van der Waals surface area (Å²) in [5, 5.41) is 9.77. The van der Waals surface area contributed by atoms with Gasteiger partial charge in [0, 0.05) is 19.1 Å². The molecule has 0 aliphatic heterocycles. The molecule has 0 saturated heterocycles. The third-order valence-electron chi connectivity index (χ3n) is 2.17. The fourth-order valence-electron chi connectivity index (χ4n) is 1.29. The molecule has 0 radical (unpaired) electrons. The lowest BCUT2D eigenvalue weighted by molar-refractivity contribution is -0.109. The van der Waals surface area contributed by atoms with Crippen molar-refractivity contribution in [3.8, 4) is 17.6 Å². The van der Waals surface area contributed by atoms with Crippen LogP contribution < -0.4 is 0 Å². The van der Waals surface area contributed by atoms with Crippen molar-refractivity contribution < 1.29 is 19.4 Å². The van der Waals surface area contributed by atoms with Crippen LogP contribution in [0.5, 0.6) is 5.75 Å². The maximum Gasteiger partial charge on any atom is 0.337 e. The highest BCUT2D eigenvalue weighted by molar-refractivity contribution is 8.13. The predicted octanol–water partition coefficient (Wildman–Crippen LogP) is 2.20. The first-order valence-electron chi connectivity index (χ1n) is 5.58. The maximum atomic E-state index is 11.2. The number of phenolic OH excluding ortho intramolecular Hbond substituents is 1. The molecule has 0 unspecified atom stereocenters. The number of carbonyl (C=O) groups is 2. The lowest BCUT2D eigenvalue weighted by Gasteiger charge is -2.01. The first-order chi connectivity index (χ1) is 9.04. The van der Waals surface area contributed by atoms with Crippen molar-refractivity contribution in [2.24, 2.45) is 0 Å². The van der Waals surface area contributed by atoms with E-state index in [0.29, 0.717) is 17.7 Å². The van der Waals surface area contributed by atoms with Gasteiger partial charge in [-0.05, 0) is 18.2 Å². The lowest BCUT2D eigenvalue weighted by atomic mass is 10.1. The highest BCUT2D eigenvalue weighted by atomic mass is 32.2. The van der Waals surface area contributed by atoms with Gasteiger partial charge < -0.3 is 9.84 Å². The van der Waals surface area contributed by atoms with Gasteiger partial charge in [0.25, 0.3) is 0 Å². The van der Waals surface area contributed by atoms with E-state index < -0.39 is 5.97 Å². The van der Waals surface area contributed by atoms with Crippen LogP contribution in [-0.4, -0.2) is 29.1 Å². The average molecular weight is 278 g/mol. The van der Waals surface area contributed by atoms with Gasteiger partial charge in [0.15, 0.2) is 5.12 Å². The number of aromatic hydroxyl groups is 1. The van der Waals surface area contributed by atoms with E-state index in [1.807, 2.05) is 0 Å². The second-order valence-corrected chi connectivity index (χ2v) is 4.89. The van der Waals surface area contributed by atoms with Crippen LogP contribution in [0.1, 0.15) is 29.3 Å². The highest BCUT2D eigenvalue weighted by Gasteiger charge is 2.07. The van der Waals surface area contributed by atoms with E-state index in [0.717, 1.165) is 0 Å². The van der Waals surface area contributed by atoms with Gasteiger partial charge in [-0.25, -0.2) is 4.79 Å². The number of benzene rings is 1. The third-order valence-corrected chi connectivity index (χ3v) is 2.99. The molecule has 1 aromatic carbocycles. The molecule has 0 amide bonds. The Bertz CT molecular complexity index is 540. The normalized spacial score (nSPS) is 9.37. The Labute approximate surface area is 116 Å². The van der Waals surface area contributed by atoms with Crippen molar-refractivity contribution in [3.05, 3.63) is 29.3 Å². The molecule has 0 heterocycles. The minimum absolute atomic E-state index is 0.0605. The summed E-state index contributed by atoms with van der Waals surface area (Å²) in [6, 6.07) is 4.42. The smallest absolute Gasteiger partial charge is 0.337 e. The number of esters is 1. The van der Waals surface area contributed by atoms with Gasteiger partial charge in [-0.2, -0.15) is 0 Å². The molecule has 1 N–H and O–H groups in total. The molecule has 1 aromatic rings. The van der Waals surface area contributed by atoms with E-state index in [1.54, 1.807) is 12.1 Å². The molecular weight excluding hydrogens is 264 g/mol. The second-order valence-electron chi connectivity index (χ2n) is 3.62. The zero-order valence-corrected chi connectivity index (χ0v) is 11.5. The Morgan fingerprint density at radius 1 is 1.42 bits per heavy atom. The fraction of sp³-hybridized carbons (Fsp3) is 0.286.